The molecule has 0 spiro atoms. The van der Waals surface area contributed by atoms with Gasteiger partial charge in [-0.2, -0.15) is 0 Å². The van der Waals surface area contributed by atoms with Gasteiger partial charge in [0.15, 0.2) is 0 Å². The molecule has 0 saturated heterocycles. The first-order valence-electron chi connectivity index (χ1n) is 7.37. The third kappa shape index (κ3) is 4.30. The molecule has 0 aliphatic heterocycles. The van der Waals surface area contributed by atoms with Gasteiger partial charge in [-0.3, -0.25) is 0 Å². The molecule has 0 aliphatic carbocycles. The molecule has 2 rings (SSSR count). The van der Waals surface area contributed by atoms with E-state index in [0.29, 0.717) is 0 Å². The van der Waals surface area contributed by atoms with Gasteiger partial charge in [-0.05, 0) is 51.5 Å². The Morgan fingerprint density at radius 3 is 2.43 bits per heavy atom. The average Bonchev–Trinajstić information content (AvgIpc) is 2.44. The van der Waals surface area contributed by atoms with Crippen LogP contribution in [0.15, 0.2) is 42.5 Å². The number of hydrogen-bond acceptors (Lipinski definition) is 3. The standard InChI is InChI=1S/C18H25N3/c1-14-9-6-7-11-16(14)21(5)17-12-8-10-15(20-17)13-19-18(2,3)4/h6-12,19H,13H2,1-5H3. The van der Waals surface area contributed by atoms with Crippen molar-refractivity contribution in [2.24, 2.45) is 0 Å². The highest BCUT2D eigenvalue weighted by molar-refractivity contribution is 5.62. The molecule has 21 heavy (non-hydrogen) atoms. The first kappa shape index (κ1) is 15.5. The van der Waals surface area contributed by atoms with E-state index in [9.17, 15) is 0 Å². The number of aromatic nitrogens is 1. The van der Waals surface area contributed by atoms with E-state index in [1.54, 1.807) is 0 Å². The van der Waals surface area contributed by atoms with Crippen LogP contribution in [0.2, 0.25) is 0 Å². The highest BCUT2D eigenvalue weighted by Crippen LogP contribution is 2.25. The predicted octanol–water partition coefficient (Wildman–Crippen LogP) is 4.05. The number of hydrogen-bond donors (Lipinski definition) is 1. The summed E-state index contributed by atoms with van der Waals surface area (Å²) in [4.78, 5) is 6.89. The lowest BCUT2D eigenvalue weighted by atomic mass is 10.1. The van der Waals surface area contributed by atoms with Crippen LogP contribution in [0, 0.1) is 6.92 Å². The van der Waals surface area contributed by atoms with Crippen molar-refractivity contribution >= 4 is 11.5 Å². The number of anilines is 2. The van der Waals surface area contributed by atoms with Crippen molar-refractivity contribution in [3.05, 3.63) is 53.7 Å². The molecular weight excluding hydrogens is 258 g/mol. The van der Waals surface area contributed by atoms with Gasteiger partial charge in [-0.1, -0.05) is 24.3 Å². The number of para-hydroxylation sites is 1. The Morgan fingerprint density at radius 1 is 1.05 bits per heavy atom. The number of benzene rings is 1. The minimum absolute atomic E-state index is 0.0968. The Hall–Kier alpha value is -1.87. The number of aryl methyl sites for hydroxylation is 1. The summed E-state index contributed by atoms with van der Waals surface area (Å²) in [6.45, 7) is 9.39. The van der Waals surface area contributed by atoms with Gasteiger partial charge in [0.05, 0.1) is 5.69 Å². The summed E-state index contributed by atoms with van der Waals surface area (Å²) < 4.78 is 0. The van der Waals surface area contributed by atoms with Crippen molar-refractivity contribution in [2.75, 3.05) is 11.9 Å². The Kier molecular flexibility index (Phi) is 4.63. The van der Waals surface area contributed by atoms with Gasteiger partial charge >= 0.3 is 0 Å². The molecule has 0 aliphatic rings. The van der Waals surface area contributed by atoms with Crippen molar-refractivity contribution in [1.29, 1.82) is 0 Å². The van der Waals surface area contributed by atoms with Crippen molar-refractivity contribution in [3.63, 3.8) is 0 Å². The van der Waals surface area contributed by atoms with Crippen LogP contribution < -0.4 is 10.2 Å². The van der Waals surface area contributed by atoms with Crippen LogP contribution in [0.5, 0.6) is 0 Å². The molecule has 3 nitrogen and oxygen atoms in total. The Bertz CT molecular complexity index is 599. The summed E-state index contributed by atoms with van der Waals surface area (Å²) in [7, 11) is 2.06. The first-order chi connectivity index (χ1) is 9.87. The van der Waals surface area contributed by atoms with E-state index in [0.717, 1.165) is 18.1 Å². The van der Waals surface area contributed by atoms with Crippen LogP contribution in [-0.4, -0.2) is 17.6 Å². The SMILES string of the molecule is Cc1ccccc1N(C)c1cccc(CNC(C)(C)C)n1. The second-order valence-electron chi connectivity index (χ2n) is 6.44. The van der Waals surface area contributed by atoms with Gasteiger partial charge in [0.1, 0.15) is 5.82 Å². The van der Waals surface area contributed by atoms with E-state index >= 15 is 0 Å². The topological polar surface area (TPSA) is 28.2 Å². The van der Waals surface area contributed by atoms with E-state index in [1.165, 1.54) is 11.3 Å². The fourth-order valence-corrected chi connectivity index (χ4v) is 2.17. The zero-order valence-corrected chi connectivity index (χ0v) is 13.6. The van der Waals surface area contributed by atoms with Gasteiger partial charge in [-0.25, -0.2) is 4.98 Å². The molecule has 1 aromatic carbocycles. The highest BCUT2D eigenvalue weighted by Gasteiger charge is 2.11. The van der Waals surface area contributed by atoms with Crippen LogP contribution in [0.25, 0.3) is 0 Å². The molecule has 0 radical (unpaired) electrons. The maximum atomic E-state index is 4.76. The second-order valence-corrected chi connectivity index (χ2v) is 6.44. The predicted molar refractivity (Wildman–Crippen MR) is 90.1 cm³/mol. The van der Waals surface area contributed by atoms with Crippen LogP contribution in [0.4, 0.5) is 11.5 Å². The molecule has 0 fully saturated rings. The van der Waals surface area contributed by atoms with E-state index in [-0.39, 0.29) is 5.54 Å². The lowest BCUT2D eigenvalue weighted by Gasteiger charge is -2.23. The highest BCUT2D eigenvalue weighted by atomic mass is 15.2. The molecule has 0 bridgehead atoms. The van der Waals surface area contributed by atoms with Gasteiger partial charge in [0, 0.05) is 24.8 Å². The van der Waals surface area contributed by atoms with Crippen molar-refractivity contribution in [2.45, 2.75) is 39.8 Å². The molecule has 1 heterocycles. The number of pyridine rings is 1. The number of nitrogens with one attached hydrogen (secondary N) is 1. The van der Waals surface area contributed by atoms with Gasteiger partial charge in [0.2, 0.25) is 0 Å². The van der Waals surface area contributed by atoms with Crippen LogP contribution >= 0.6 is 0 Å². The normalized spacial score (nSPS) is 11.5. The molecule has 1 N–H and O–H groups in total. The van der Waals surface area contributed by atoms with Crippen molar-refractivity contribution in [3.8, 4) is 0 Å². The van der Waals surface area contributed by atoms with Crippen molar-refractivity contribution in [1.82, 2.24) is 10.3 Å². The zero-order valence-electron chi connectivity index (χ0n) is 13.6. The monoisotopic (exact) mass is 283 g/mol. The quantitative estimate of drug-likeness (QED) is 0.917. The fourth-order valence-electron chi connectivity index (χ4n) is 2.17. The molecule has 0 amide bonds. The molecular formula is C18H25N3. The molecule has 2 aromatic rings. The molecule has 3 heteroatoms. The lowest BCUT2D eigenvalue weighted by molar-refractivity contribution is 0.421. The van der Waals surface area contributed by atoms with Gasteiger partial charge < -0.3 is 10.2 Å². The first-order valence-corrected chi connectivity index (χ1v) is 7.37. The van der Waals surface area contributed by atoms with Crippen LogP contribution in [0.1, 0.15) is 32.0 Å². The maximum Gasteiger partial charge on any atom is 0.133 e. The number of nitrogens with zero attached hydrogens (tertiary/aromatic N) is 2. The van der Waals surface area contributed by atoms with E-state index < -0.39 is 0 Å². The Morgan fingerprint density at radius 2 is 1.76 bits per heavy atom. The zero-order chi connectivity index (χ0) is 15.5. The largest absolute Gasteiger partial charge is 0.329 e. The molecule has 0 saturated carbocycles. The van der Waals surface area contributed by atoms with E-state index in [1.807, 2.05) is 6.07 Å². The minimum atomic E-state index is 0.0968. The fraction of sp³-hybridized carbons (Fsp3) is 0.389. The Balaban J connectivity index is 2.19. The molecule has 0 unspecified atom stereocenters. The summed E-state index contributed by atoms with van der Waals surface area (Å²) in [6.07, 6.45) is 0. The third-order valence-electron chi connectivity index (χ3n) is 3.41. The minimum Gasteiger partial charge on any atom is -0.329 e. The second kappa shape index (κ2) is 6.27. The van der Waals surface area contributed by atoms with E-state index in [2.05, 4.69) is 81.4 Å². The van der Waals surface area contributed by atoms with Crippen LogP contribution in [-0.2, 0) is 6.54 Å². The lowest BCUT2D eigenvalue weighted by Crippen LogP contribution is -2.35. The summed E-state index contributed by atoms with van der Waals surface area (Å²) >= 11 is 0. The maximum absolute atomic E-state index is 4.76. The molecule has 1 aromatic heterocycles. The summed E-state index contributed by atoms with van der Waals surface area (Å²) in [5.41, 5.74) is 3.59. The summed E-state index contributed by atoms with van der Waals surface area (Å²) in [6, 6.07) is 14.5. The van der Waals surface area contributed by atoms with Gasteiger partial charge in [-0.15, -0.1) is 0 Å². The summed E-state index contributed by atoms with van der Waals surface area (Å²) in [5, 5.41) is 3.47. The smallest absolute Gasteiger partial charge is 0.133 e. The third-order valence-corrected chi connectivity index (χ3v) is 3.41. The molecule has 0 atom stereocenters. The van der Waals surface area contributed by atoms with Crippen LogP contribution in [0.3, 0.4) is 0 Å². The van der Waals surface area contributed by atoms with E-state index in [4.69, 9.17) is 4.98 Å². The summed E-state index contributed by atoms with van der Waals surface area (Å²) in [5.74, 6) is 0.970. The Labute approximate surface area is 128 Å². The average molecular weight is 283 g/mol. The number of rotatable bonds is 4. The molecule has 112 valence electrons. The van der Waals surface area contributed by atoms with Gasteiger partial charge in [0.25, 0.3) is 0 Å². The van der Waals surface area contributed by atoms with Crippen molar-refractivity contribution < 1.29 is 0 Å².